The number of ether oxygens (including phenoxy) is 2. The van der Waals surface area contributed by atoms with Gasteiger partial charge in [0, 0.05) is 17.0 Å². The summed E-state index contributed by atoms with van der Waals surface area (Å²) in [6.45, 7) is 4.87. The van der Waals surface area contributed by atoms with E-state index in [1.807, 2.05) is 0 Å². The zero-order chi connectivity index (χ0) is 18.5. The molecule has 0 unspecified atom stereocenters. The summed E-state index contributed by atoms with van der Waals surface area (Å²) in [5.41, 5.74) is 0. The summed E-state index contributed by atoms with van der Waals surface area (Å²) in [7, 11) is -5.17. The first-order chi connectivity index (χ1) is 11.4. The molecular weight excluding hydrogens is 382 g/mol. The fraction of sp³-hybridized carbons (Fsp3) is 1.00. The summed E-state index contributed by atoms with van der Waals surface area (Å²) in [5, 5.41) is 8.50. The van der Waals surface area contributed by atoms with E-state index in [1.54, 1.807) is 0 Å². The molecule has 0 fully saturated rings. The molecule has 0 saturated carbocycles. The molecule has 10 heteroatoms. The standard InChI is InChI=1S/C16H34O3.2Na.H2O4S/c1-2-3-4-5-6-7-8-9-10-11-13-18-15-16-19-14-12-17;;;1-5(2,3)4/h17H,2-16H2,1H3;;;(H2,1,2,3,4)/q;2*+1;/p-2. The smallest absolute Gasteiger partial charge is 0.759 e. The van der Waals surface area contributed by atoms with Gasteiger partial charge in [-0.25, -0.2) is 0 Å². The number of hydrogen-bond acceptors (Lipinski definition) is 7. The van der Waals surface area contributed by atoms with Crippen LogP contribution >= 0.6 is 0 Å². The Bertz CT molecular complexity index is 307. The third-order valence-electron chi connectivity index (χ3n) is 3.25. The Kier molecular flexibility index (Phi) is 39.2. The molecule has 0 saturated heterocycles. The first-order valence-electron chi connectivity index (χ1n) is 8.84. The molecule has 0 heterocycles. The van der Waals surface area contributed by atoms with Crippen LogP contribution in [0, 0.1) is 0 Å². The van der Waals surface area contributed by atoms with E-state index in [2.05, 4.69) is 6.92 Å². The molecule has 0 atom stereocenters. The Labute approximate surface area is 204 Å². The first-order valence-corrected chi connectivity index (χ1v) is 10.2. The quantitative estimate of drug-likeness (QED) is 0.121. The molecule has 26 heavy (non-hydrogen) atoms. The third-order valence-corrected chi connectivity index (χ3v) is 3.25. The molecule has 7 nitrogen and oxygen atoms in total. The van der Waals surface area contributed by atoms with Gasteiger partial charge in [-0.3, -0.25) is 8.42 Å². The van der Waals surface area contributed by atoms with Crippen molar-refractivity contribution in [1.29, 1.82) is 0 Å². The van der Waals surface area contributed by atoms with Gasteiger partial charge in [0.05, 0.1) is 26.4 Å². The van der Waals surface area contributed by atoms with E-state index < -0.39 is 10.4 Å². The number of aliphatic hydroxyl groups excluding tert-OH is 1. The third kappa shape index (κ3) is 50.1. The van der Waals surface area contributed by atoms with E-state index in [0.29, 0.717) is 19.8 Å². The second-order valence-corrected chi connectivity index (χ2v) is 6.36. The van der Waals surface area contributed by atoms with E-state index in [4.69, 9.17) is 32.1 Å². The van der Waals surface area contributed by atoms with Gasteiger partial charge in [0.25, 0.3) is 0 Å². The molecule has 0 aliphatic carbocycles. The van der Waals surface area contributed by atoms with Crippen molar-refractivity contribution < 1.29 is 91.2 Å². The fourth-order valence-electron chi connectivity index (χ4n) is 2.08. The van der Waals surface area contributed by atoms with Crippen LogP contribution in [-0.2, 0) is 19.9 Å². The van der Waals surface area contributed by atoms with Crippen LogP contribution in [-0.4, -0.2) is 55.7 Å². The van der Waals surface area contributed by atoms with Gasteiger partial charge >= 0.3 is 59.1 Å². The van der Waals surface area contributed by atoms with Crippen LogP contribution in [0.4, 0.5) is 0 Å². The van der Waals surface area contributed by atoms with Crippen molar-refractivity contribution >= 4 is 10.4 Å². The normalized spacial score (nSPS) is 10.3. The molecule has 0 radical (unpaired) electrons. The summed E-state index contributed by atoms with van der Waals surface area (Å²) < 4.78 is 44.6. The SMILES string of the molecule is CCCCCCCCCCCCOCCOCCO.O=S(=O)([O-])[O-].[Na+].[Na+]. The average Bonchev–Trinajstić information content (AvgIpc) is 2.49. The maximum atomic E-state index is 8.52. The zero-order valence-electron chi connectivity index (χ0n) is 16.9. The Hall–Kier alpha value is 1.75. The van der Waals surface area contributed by atoms with Crippen molar-refractivity contribution in [3.8, 4) is 0 Å². The summed E-state index contributed by atoms with van der Waals surface area (Å²) >= 11 is 0. The summed E-state index contributed by atoms with van der Waals surface area (Å²) in [6.07, 6.45) is 13.6. The van der Waals surface area contributed by atoms with Crippen molar-refractivity contribution in [3.05, 3.63) is 0 Å². The number of aliphatic hydroxyl groups is 1. The van der Waals surface area contributed by atoms with E-state index in [1.165, 1.54) is 57.8 Å². The van der Waals surface area contributed by atoms with Gasteiger partial charge in [0.15, 0.2) is 0 Å². The molecule has 0 aromatic heterocycles. The maximum absolute atomic E-state index is 8.52. The molecule has 148 valence electrons. The molecule has 0 aromatic rings. The van der Waals surface area contributed by atoms with Crippen LogP contribution in [0.3, 0.4) is 0 Å². The summed E-state index contributed by atoms with van der Waals surface area (Å²) in [5.74, 6) is 0. The zero-order valence-corrected chi connectivity index (χ0v) is 21.7. The Morgan fingerprint density at radius 2 is 1.04 bits per heavy atom. The first kappa shape index (κ1) is 35.2. The molecule has 0 bridgehead atoms. The monoisotopic (exact) mass is 416 g/mol. The van der Waals surface area contributed by atoms with Crippen molar-refractivity contribution in [3.63, 3.8) is 0 Å². The van der Waals surface area contributed by atoms with Gasteiger partial charge in [0.2, 0.25) is 0 Å². The molecule has 0 amide bonds. The minimum absolute atomic E-state index is 0. The molecule has 0 aromatic carbocycles. The van der Waals surface area contributed by atoms with E-state index in [-0.39, 0.29) is 65.7 Å². The predicted octanol–water partition coefficient (Wildman–Crippen LogP) is -3.40. The van der Waals surface area contributed by atoms with Crippen molar-refractivity contribution in [2.24, 2.45) is 0 Å². The van der Waals surface area contributed by atoms with Gasteiger partial charge in [-0.2, -0.15) is 0 Å². The maximum Gasteiger partial charge on any atom is 1.00 e. The van der Waals surface area contributed by atoms with Gasteiger partial charge < -0.3 is 23.7 Å². The van der Waals surface area contributed by atoms with Crippen LogP contribution in [0.5, 0.6) is 0 Å². The van der Waals surface area contributed by atoms with Crippen LogP contribution in [0.25, 0.3) is 0 Å². The summed E-state index contributed by atoms with van der Waals surface area (Å²) in [6, 6.07) is 0. The molecular formula is C16H34Na2O7S. The van der Waals surface area contributed by atoms with Crippen molar-refractivity contribution in [1.82, 2.24) is 0 Å². The Balaban J connectivity index is -0.000000304. The molecule has 0 aliphatic heterocycles. The second kappa shape index (κ2) is 29.0. The number of hydrogen-bond donors (Lipinski definition) is 1. The molecule has 1 N–H and O–H groups in total. The molecule has 0 aliphatic rings. The summed E-state index contributed by atoms with van der Waals surface area (Å²) in [4.78, 5) is 0. The van der Waals surface area contributed by atoms with Crippen LogP contribution in [0.15, 0.2) is 0 Å². The van der Waals surface area contributed by atoms with Gasteiger partial charge in [-0.15, -0.1) is 0 Å². The Morgan fingerprint density at radius 3 is 1.42 bits per heavy atom. The Morgan fingerprint density at radius 1 is 0.692 bits per heavy atom. The minimum Gasteiger partial charge on any atom is -0.759 e. The van der Waals surface area contributed by atoms with E-state index >= 15 is 0 Å². The van der Waals surface area contributed by atoms with Gasteiger partial charge in [0.1, 0.15) is 0 Å². The molecule has 0 spiro atoms. The van der Waals surface area contributed by atoms with E-state index in [9.17, 15) is 0 Å². The second-order valence-electron chi connectivity index (χ2n) is 5.54. The van der Waals surface area contributed by atoms with Crippen LogP contribution in [0.2, 0.25) is 0 Å². The minimum atomic E-state index is -5.17. The number of unbranched alkanes of at least 4 members (excludes halogenated alkanes) is 9. The van der Waals surface area contributed by atoms with Crippen molar-refractivity contribution in [2.75, 3.05) is 33.0 Å². The van der Waals surface area contributed by atoms with Gasteiger partial charge in [-0.05, 0) is 6.42 Å². The van der Waals surface area contributed by atoms with Crippen LogP contribution < -0.4 is 59.1 Å². The van der Waals surface area contributed by atoms with Crippen molar-refractivity contribution in [2.45, 2.75) is 71.1 Å². The number of rotatable bonds is 16. The predicted molar refractivity (Wildman–Crippen MR) is 91.0 cm³/mol. The van der Waals surface area contributed by atoms with E-state index in [0.717, 1.165) is 13.0 Å². The fourth-order valence-corrected chi connectivity index (χ4v) is 2.08. The largest absolute Gasteiger partial charge is 1.00 e. The average molecular weight is 416 g/mol. The van der Waals surface area contributed by atoms with Crippen LogP contribution in [0.1, 0.15) is 71.1 Å². The van der Waals surface area contributed by atoms with Gasteiger partial charge in [-0.1, -0.05) is 64.7 Å². The topological polar surface area (TPSA) is 119 Å². The molecule has 0 rings (SSSR count).